The van der Waals surface area contributed by atoms with Crippen molar-refractivity contribution < 1.29 is 14.1 Å². The number of carbonyl (C=O) groups excluding carboxylic acids is 2. The quantitative estimate of drug-likeness (QED) is 0.633. The van der Waals surface area contributed by atoms with Gasteiger partial charge in [0.2, 0.25) is 0 Å². The fourth-order valence-corrected chi connectivity index (χ4v) is 3.52. The van der Waals surface area contributed by atoms with E-state index in [1.807, 2.05) is 0 Å². The van der Waals surface area contributed by atoms with Crippen molar-refractivity contribution >= 4 is 35.0 Å². The third-order valence-corrected chi connectivity index (χ3v) is 5.55. The molecular formula is C20H16Cl2N4O3. The lowest BCUT2D eigenvalue weighted by Gasteiger charge is -2.34. The number of amides is 2. The van der Waals surface area contributed by atoms with E-state index in [0.29, 0.717) is 42.5 Å². The molecule has 29 heavy (non-hydrogen) atoms. The van der Waals surface area contributed by atoms with Gasteiger partial charge in [-0.05, 0) is 24.3 Å². The zero-order valence-electron chi connectivity index (χ0n) is 15.2. The van der Waals surface area contributed by atoms with Gasteiger partial charge in [0.15, 0.2) is 11.5 Å². The summed E-state index contributed by atoms with van der Waals surface area (Å²) >= 11 is 12.2. The van der Waals surface area contributed by atoms with Crippen molar-refractivity contribution in [3.05, 3.63) is 70.1 Å². The van der Waals surface area contributed by atoms with Gasteiger partial charge in [0.1, 0.15) is 0 Å². The van der Waals surface area contributed by atoms with Crippen molar-refractivity contribution in [1.29, 1.82) is 0 Å². The number of halogens is 2. The van der Waals surface area contributed by atoms with Crippen LogP contribution in [0.2, 0.25) is 10.0 Å². The first-order chi connectivity index (χ1) is 14.0. The molecule has 148 valence electrons. The normalized spacial score (nSPS) is 14.1. The van der Waals surface area contributed by atoms with E-state index >= 15 is 0 Å². The van der Waals surface area contributed by atoms with Gasteiger partial charge in [-0.15, -0.1) is 0 Å². The first-order valence-corrected chi connectivity index (χ1v) is 9.70. The maximum Gasteiger partial charge on any atom is 0.276 e. The smallest absolute Gasteiger partial charge is 0.276 e. The van der Waals surface area contributed by atoms with E-state index in [1.165, 1.54) is 0 Å². The number of piperazine rings is 1. The maximum absolute atomic E-state index is 12.7. The Kier molecular flexibility index (Phi) is 5.51. The van der Waals surface area contributed by atoms with E-state index < -0.39 is 0 Å². The second-order valence-electron chi connectivity index (χ2n) is 6.50. The molecule has 0 atom stereocenters. The summed E-state index contributed by atoms with van der Waals surface area (Å²) in [5.74, 6) is 0.0631. The van der Waals surface area contributed by atoms with Crippen LogP contribution in [0.15, 0.2) is 53.3 Å². The van der Waals surface area contributed by atoms with Crippen molar-refractivity contribution in [3.8, 4) is 11.3 Å². The van der Waals surface area contributed by atoms with E-state index in [4.69, 9.17) is 27.7 Å². The van der Waals surface area contributed by atoms with Crippen LogP contribution in [0.4, 0.5) is 0 Å². The zero-order chi connectivity index (χ0) is 20.4. The Bertz CT molecular complexity index is 1050. The Morgan fingerprint density at radius 3 is 2.28 bits per heavy atom. The van der Waals surface area contributed by atoms with Crippen LogP contribution in [-0.2, 0) is 0 Å². The van der Waals surface area contributed by atoms with Gasteiger partial charge in [0.05, 0.1) is 15.6 Å². The number of hydrogen-bond donors (Lipinski definition) is 0. The molecule has 3 aromatic rings. The van der Waals surface area contributed by atoms with Crippen molar-refractivity contribution in [3.63, 3.8) is 0 Å². The highest BCUT2D eigenvalue weighted by Gasteiger charge is 2.28. The molecule has 0 bridgehead atoms. The van der Waals surface area contributed by atoms with E-state index in [2.05, 4.69) is 10.1 Å². The Balaban J connectivity index is 1.41. The van der Waals surface area contributed by atoms with E-state index in [-0.39, 0.29) is 22.5 Å². The fourth-order valence-electron chi connectivity index (χ4n) is 3.14. The number of rotatable bonds is 3. The molecule has 0 saturated carbocycles. The van der Waals surface area contributed by atoms with Crippen LogP contribution in [0, 0.1) is 0 Å². The van der Waals surface area contributed by atoms with Crippen molar-refractivity contribution in [2.24, 2.45) is 0 Å². The van der Waals surface area contributed by atoms with Gasteiger partial charge < -0.3 is 14.3 Å². The van der Waals surface area contributed by atoms with Gasteiger partial charge in [-0.3, -0.25) is 14.6 Å². The highest BCUT2D eigenvalue weighted by Crippen LogP contribution is 2.27. The Labute approximate surface area is 176 Å². The fraction of sp³-hybridized carbons (Fsp3) is 0.200. The third kappa shape index (κ3) is 3.97. The monoisotopic (exact) mass is 430 g/mol. The number of carbonyl (C=O) groups is 2. The van der Waals surface area contributed by atoms with Crippen LogP contribution >= 0.6 is 23.2 Å². The first-order valence-electron chi connectivity index (χ1n) is 8.94. The molecule has 0 N–H and O–H groups in total. The second-order valence-corrected chi connectivity index (χ2v) is 7.28. The molecule has 1 aliphatic rings. The molecule has 0 aliphatic carbocycles. The lowest BCUT2D eigenvalue weighted by atomic mass is 10.1. The maximum atomic E-state index is 12.7. The largest absolute Gasteiger partial charge is 0.355 e. The second kappa shape index (κ2) is 8.23. The molecule has 1 aliphatic heterocycles. The summed E-state index contributed by atoms with van der Waals surface area (Å²) in [6.45, 7) is 1.56. The average Bonchev–Trinajstić information content (AvgIpc) is 3.26. The molecule has 1 fully saturated rings. The Morgan fingerprint density at radius 2 is 1.59 bits per heavy atom. The van der Waals surface area contributed by atoms with Gasteiger partial charge in [0, 0.05) is 50.2 Å². The van der Waals surface area contributed by atoms with Gasteiger partial charge >= 0.3 is 0 Å². The van der Waals surface area contributed by atoms with Crippen molar-refractivity contribution in [2.45, 2.75) is 0 Å². The highest BCUT2D eigenvalue weighted by molar-refractivity contribution is 6.43. The number of aromatic nitrogens is 2. The summed E-state index contributed by atoms with van der Waals surface area (Å²) in [5.41, 5.74) is 1.38. The molecule has 0 spiro atoms. The standard InChI is InChI=1S/C20H16Cl2N4O3/c21-15-3-1-2-14(18(15)22)19(27)25-8-10-26(11-9-25)20(28)16-12-17(29-24-16)13-4-6-23-7-5-13/h1-7,12H,8-11H2. The van der Waals surface area contributed by atoms with Crippen LogP contribution in [0.1, 0.15) is 20.8 Å². The summed E-state index contributed by atoms with van der Waals surface area (Å²) in [7, 11) is 0. The summed E-state index contributed by atoms with van der Waals surface area (Å²) in [6, 6.07) is 10.1. The molecule has 2 amide bonds. The highest BCUT2D eigenvalue weighted by atomic mass is 35.5. The average molecular weight is 431 g/mol. The number of pyridine rings is 1. The molecule has 9 heteroatoms. The van der Waals surface area contributed by atoms with Gasteiger partial charge in [-0.2, -0.15) is 0 Å². The van der Waals surface area contributed by atoms with Crippen LogP contribution in [0.5, 0.6) is 0 Å². The van der Waals surface area contributed by atoms with E-state index in [1.54, 1.807) is 58.6 Å². The Morgan fingerprint density at radius 1 is 0.931 bits per heavy atom. The van der Waals surface area contributed by atoms with Crippen LogP contribution in [0.25, 0.3) is 11.3 Å². The minimum Gasteiger partial charge on any atom is -0.355 e. The molecule has 2 aromatic heterocycles. The summed E-state index contributed by atoms with van der Waals surface area (Å²) in [6.07, 6.45) is 3.28. The number of hydrogen-bond acceptors (Lipinski definition) is 5. The summed E-state index contributed by atoms with van der Waals surface area (Å²) < 4.78 is 5.29. The Hall–Kier alpha value is -2.90. The van der Waals surface area contributed by atoms with Crippen LogP contribution < -0.4 is 0 Å². The summed E-state index contributed by atoms with van der Waals surface area (Å²) in [4.78, 5) is 32.7. The lowest BCUT2D eigenvalue weighted by Crippen LogP contribution is -2.50. The molecule has 7 nitrogen and oxygen atoms in total. The predicted octanol–water partition coefficient (Wildman–Crippen LogP) is 3.64. The topological polar surface area (TPSA) is 79.5 Å². The molecule has 4 rings (SSSR count). The van der Waals surface area contributed by atoms with Crippen LogP contribution in [-0.4, -0.2) is 57.9 Å². The molecule has 1 aromatic carbocycles. The van der Waals surface area contributed by atoms with Gasteiger partial charge in [-0.25, -0.2) is 0 Å². The number of nitrogens with zero attached hydrogens (tertiary/aromatic N) is 4. The van der Waals surface area contributed by atoms with E-state index in [9.17, 15) is 9.59 Å². The van der Waals surface area contributed by atoms with Crippen molar-refractivity contribution in [2.75, 3.05) is 26.2 Å². The predicted molar refractivity (Wildman–Crippen MR) is 108 cm³/mol. The molecule has 0 unspecified atom stereocenters. The number of benzene rings is 1. The lowest BCUT2D eigenvalue weighted by molar-refractivity contribution is 0.0530. The van der Waals surface area contributed by atoms with Crippen molar-refractivity contribution in [1.82, 2.24) is 19.9 Å². The first kappa shape index (κ1) is 19.4. The minimum atomic E-state index is -0.234. The molecule has 3 heterocycles. The molecule has 0 radical (unpaired) electrons. The summed E-state index contributed by atoms with van der Waals surface area (Å²) in [5, 5.41) is 4.47. The SMILES string of the molecule is O=C(c1cc(-c2ccncc2)on1)N1CCN(C(=O)c2cccc(Cl)c2Cl)CC1. The zero-order valence-corrected chi connectivity index (χ0v) is 16.7. The molecular weight excluding hydrogens is 415 g/mol. The minimum absolute atomic E-state index is 0.203. The van der Waals surface area contributed by atoms with Gasteiger partial charge in [-0.1, -0.05) is 34.4 Å². The van der Waals surface area contributed by atoms with Crippen LogP contribution in [0.3, 0.4) is 0 Å². The molecule has 1 saturated heterocycles. The van der Waals surface area contributed by atoms with E-state index in [0.717, 1.165) is 5.56 Å². The van der Waals surface area contributed by atoms with Gasteiger partial charge in [0.25, 0.3) is 11.8 Å². The third-order valence-electron chi connectivity index (χ3n) is 4.73.